The van der Waals surface area contributed by atoms with E-state index in [9.17, 15) is 4.79 Å². The molecule has 1 aliphatic rings. The van der Waals surface area contributed by atoms with Gasteiger partial charge in [-0.1, -0.05) is 6.07 Å². The molecule has 1 fully saturated rings. The molecule has 0 unspecified atom stereocenters. The van der Waals surface area contributed by atoms with Gasteiger partial charge in [-0.2, -0.15) is 4.98 Å². The fraction of sp³-hybridized carbons (Fsp3) is 0.444. The summed E-state index contributed by atoms with van der Waals surface area (Å²) in [6.07, 6.45) is 0.741. The second-order valence-electron chi connectivity index (χ2n) is 6.79. The van der Waals surface area contributed by atoms with Crippen LogP contribution in [-0.2, 0) is 4.74 Å². The maximum atomic E-state index is 11.8. The zero-order valence-electron chi connectivity index (χ0n) is 15.9. The first-order chi connectivity index (χ1) is 13.4. The van der Waals surface area contributed by atoms with Crippen molar-refractivity contribution < 1.29 is 14.3 Å². The third-order valence-electron chi connectivity index (χ3n) is 4.10. The molecule has 1 aliphatic heterocycles. The van der Waals surface area contributed by atoms with Gasteiger partial charge in [0.05, 0.1) is 18.4 Å². The van der Waals surface area contributed by atoms with Gasteiger partial charge in [-0.15, -0.1) is 10.2 Å². The van der Waals surface area contributed by atoms with E-state index in [0.717, 1.165) is 6.42 Å². The van der Waals surface area contributed by atoms with E-state index in [2.05, 4.69) is 25.8 Å². The number of nitrogens with one attached hydrogen (secondary N) is 2. The lowest BCUT2D eigenvalue weighted by atomic mass is 10.0. The zero-order valence-corrected chi connectivity index (χ0v) is 15.9. The van der Waals surface area contributed by atoms with Gasteiger partial charge < -0.3 is 31.6 Å². The van der Waals surface area contributed by atoms with E-state index in [1.54, 1.807) is 24.3 Å². The van der Waals surface area contributed by atoms with Crippen LogP contribution in [0.25, 0.3) is 0 Å². The Morgan fingerprint density at radius 3 is 2.86 bits per heavy atom. The Labute approximate surface area is 163 Å². The lowest BCUT2D eigenvalue weighted by Gasteiger charge is -2.29. The van der Waals surface area contributed by atoms with Gasteiger partial charge in [-0.05, 0) is 26.3 Å². The Morgan fingerprint density at radius 2 is 2.14 bits per heavy atom. The second-order valence-corrected chi connectivity index (χ2v) is 6.79. The molecule has 1 amide bonds. The second kappa shape index (κ2) is 8.81. The number of primary amides is 1. The third kappa shape index (κ3) is 5.05. The number of pyridine rings is 1. The highest BCUT2D eigenvalue weighted by Crippen LogP contribution is 2.23. The van der Waals surface area contributed by atoms with Crippen molar-refractivity contribution in [1.82, 2.24) is 15.2 Å². The highest BCUT2D eigenvalue weighted by Gasteiger charge is 2.23. The maximum Gasteiger partial charge on any atom is 0.271 e. The first-order valence-electron chi connectivity index (χ1n) is 9.10. The first kappa shape index (κ1) is 19.8. The molecule has 10 nitrogen and oxygen atoms in total. The summed E-state index contributed by atoms with van der Waals surface area (Å²) in [6.45, 7) is 4.93. The summed E-state index contributed by atoms with van der Waals surface area (Å²) in [5, 5.41) is 14.3. The van der Waals surface area contributed by atoms with Gasteiger partial charge in [-0.25, -0.2) is 0 Å². The Morgan fingerprint density at radius 1 is 1.32 bits per heavy atom. The quantitative estimate of drug-likeness (QED) is 0.546. The van der Waals surface area contributed by atoms with Crippen molar-refractivity contribution in [2.75, 3.05) is 23.8 Å². The summed E-state index contributed by atoms with van der Waals surface area (Å²) in [7, 11) is 0. The maximum absolute atomic E-state index is 11.8. The largest absolute Gasteiger partial charge is 0.475 e. The summed E-state index contributed by atoms with van der Waals surface area (Å²) in [5.74, 6) is 0.736. The predicted octanol–water partition coefficient (Wildman–Crippen LogP) is 1.03. The van der Waals surface area contributed by atoms with Gasteiger partial charge in [0.15, 0.2) is 11.5 Å². The first-order valence-corrected chi connectivity index (χ1v) is 9.10. The summed E-state index contributed by atoms with van der Waals surface area (Å²) < 4.78 is 10.9. The number of ether oxygens (including phenoxy) is 2. The number of hydrogen-bond acceptors (Lipinski definition) is 9. The molecule has 28 heavy (non-hydrogen) atoms. The minimum Gasteiger partial charge on any atom is -0.475 e. The zero-order chi connectivity index (χ0) is 20.1. The van der Waals surface area contributed by atoms with E-state index in [-0.39, 0.29) is 23.9 Å². The third-order valence-corrected chi connectivity index (χ3v) is 4.10. The average molecular weight is 387 g/mol. The van der Waals surface area contributed by atoms with Crippen LogP contribution < -0.4 is 26.8 Å². The Balaban J connectivity index is 1.83. The molecule has 0 aromatic carbocycles. The van der Waals surface area contributed by atoms with Crippen LogP contribution in [0.4, 0.5) is 17.3 Å². The van der Waals surface area contributed by atoms with Crippen molar-refractivity contribution in [2.24, 2.45) is 11.5 Å². The van der Waals surface area contributed by atoms with Crippen molar-refractivity contribution >= 4 is 23.2 Å². The molecule has 6 N–H and O–H groups in total. The molecule has 150 valence electrons. The van der Waals surface area contributed by atoms with E-state index in [1.807, 2.05) is 13.8 Å². The molecule has 2 atom stereocenters. The van der Waals surface area contributed by atoms with Crippen molar-refractivity contribution in [2.45, 2.75) is 38.5 Å². The van der Waals surface area contributed by atoms with Crippen molar-refractivity contribution in [1.29, 1.82) is 0 Å². The van der Waals surface area contributed by atoms with Crippen LogP contribution in [0.5, 0.6) is 5.88 Å². The molecule has 2 aromatic heterocycles. The van der Waals surface area contributed by atoms with E-state index < -0.39 is 5.91 Å². The number of aromatic nitrogens is 3. The summed E-state index contributed by atoms with van der Waals surface area (Å²) >= 11 is 0. The highest BCUT2D eigenvalue weighted by atomic mass is 16.5. The summed E-state index contributed by atoms with van der Waals surface area (Å²) in [6, 6.07) is 6.80. The molecule has 0 bridgehead atoms. The van der Waals surface area contributed by atoms with Crippen LogP contribution in [-0.4, -0.2) is 52.5 Å². The van der Waals surface area contributed by atoms with Gasteiger partial charge in [-0.3, -0.25) is 4.79 Å². The predicted molar refractivity (Wildman–Crippen MR) is 105 cm³/mol. The molecule has 0 spiro atoms. The molecule has 3 heterocycles. The number of carbonyl (C=O) groups excluding carboxylic acids is 1. The molecule has 2 aromatic rings. The minimum atomic E-state index is -0.695. The molecular weight excluding hydrogens is 362 g/mol. The number of nitrogens with zero attached hydrogens (tertiary/aromatic N) is 3. The smallest absolute Gasteiger partial charge is 0.271 e. The highest BCUT2D eigenvalue weighted by molar-refractivity contribution is 5.97. The van der Waals surface area contributed by atoms with Crippen molar-refractivity contribution in [3.05, 3.63) is 30.0 Å². The van der Waals surface area contributed by atoms with Gasteiger partial charge in [0.1, 0.15) is 5.82 Å². The molecule has 10 heteroatoms. The van der Waals surface area contributed by atoms with Crippen LogP contribution >= 0.6 is 0 Å². The Kier molecular flexibility index (Phi) is 6.22. The molecule has 0 radical (unpaired) electrons. The van der Waals surface area contributed by atoms with Gasteiger partial charge in [0.25, 0.3) is 5.91 Å². The Hall–Kier alpha value is -2.98. The topological polar surface area (TPSA) is 150 Å². The fourth-order valence-electron chi connectivity index (χ4n) is 2.80. The number of hydrogen-bond donors (Lipinski definition) is 4. The van der Waals surface area contributed by atoms with Crippen LogP contribution in [0, 0.1) is 0 Å². The van der Waals surface area contributed by atoms with Gasteiger partial charge >= 0.3 is 0 Å². The molecule has 0 saturated carbocycles. The number of carbonyl (C=O) groups is 1. The van der Waals surface area contributed by atoms with Crippen molar-refractivity contribution in [3.8, 4) is 5.88 Å². The average Bonchev–Trinajstić information content (AvgIpc) is 2.63. The standard InChI is InChI=1S/C18H25N7O3/c1-10(2)28-16-5-3-4-14(23-16)22-13-8-15(24-25-17(13)18(20)26)21-12-6-7-27-9-11(12)19/h3-5,8,10-12H,6-7,9,19H2,1-2H3,(H2,20,26)(H2,21,22,23,24)/t11-,12+/m0/s1. The van der Waals surface area contributed by atoms with Crippen molar-refractivity contribution in [3.63, 3.8) is 0 Å². The molecule has 1 saturated heterocycles. The van der Waals surface area contributed by atoms with Gasteiger partial charge in [0.2, 0.25) is 5.88 Å². The molecular formula is C18H25N7O3. The van der Waals surface area contributed by atoms with E-state index in [1.165, 1.54) is 0 Å². The monoisotopic (exact) mass is 387 g/mol. The van der Waals surface area contributed by atoms with E-state index in [0.29, 0.717) is 36.4 Å². The number of anilines is 3. The lowest BCUT2D eigenvalue weighted by molar-refractivity contribution is 0.0751. The van der Waals surface area contributed by atoms with Gasteiger partial charge in [0, 0.05) is 30.8 Å². The number of amides is 1. The van der Waals surface area contributed by atoms with E-state index >= 15 is 0 Å². The van der Waals surface area contributed by atoms with Crippen LogP contribution in [0.2, 0.25) is 0 Å². The molecule has 0 aliphatic carbocycles. The van der Waals surface area contributed by atoms with Crippen LogP contribution in [0.15, 0.2) is 24.3 Å². The Bertz CT molecular complexity index is 831. The fourth-order valence-corrected chi connectivity index (χ4v) is 2.80. The molecule has 3 rings (SSSR count). The number of rotatable bonds is 7. The van der Waals surface area contributed by atoms with Crippen LogP contribution in [0.1, 0.15) is 30.8 Å². The SMILES string of the molecule is CC(C)Oc1cccc(Nc2cc(N[C@@H]3CCOC[C@@H]3N)nnc2C(N)=O)n1. The summed E-state index contributed by atoms with van der Waals surface area (Å²) in [4.78, 5) is 16.1. The number of nitrogens with two attached hydrogens (primary N) is 2. The van der Waals surface area contributed by atoms with E-state index in [4.69, 9.17) is 20.9 Å². The summed E-state index contributed by atoms with van der Waals surface area (Å²) in [5.41, 5.74) is 11.9. The normalized spacial score (nSPS) is 19.3. The van der Waals surface area contributed by atoms with Crippen LogP contribution in [0.3, 0.4) is 0 Å². The minimum absolute atomic E-state index is 0.00350. The lowest BCUT2D eigenvalue weighted by Crippen LogP contribution is -2.47.